The van der Waals surface area contributed by atoms with Crippen molar-refractivity contribution in [2.24, 2.45) is 0 Å². The number of hydrogen-bond donors (Lipinski definition) is 0. The van der Waals surface area contributed by atoms with E-state index in [1.54, 1.807) is 0 Å². The fourth-order valence-electron chi connectivity index (χ4n) is 2.37. The third-order valence-electron chi connectivity index (χ3n) is 3.59. The molecule has 1 aliphatic rings. The van der Waals surface area contributed by atoms with Gasteiger partial charge in [-0.2, -0.15) is 0 Å². The minimum atomic E-state index is 0.782. The molecule has 2 rings (SSSR count). The van der Waals surface area contributed by atoms with E-state index in [0.717, 1.165) is 31.4 Å². The molecule has 1 fully saturated rings. The number of aromatic nitrogens is 2. The molecule has 0 N–H and O–H groups in total. The Morgan fingerprint density at radius 2 is 2.12 bits per heavy atom. The summed E-state index contributed by atoms with van der Waals surface area (Å²) in [5.74, 6) is 0.782. The Kier molecular flexibility index (Phi) is 5.33. The van der Waals surface area contributed by atoms with Gasteiger partial charge in [0.25, 0.3) is 0 Å². The molecule has 0 aromatic carbocycles. The summed E-state index contributed by atoms with van der Waals surface area (Å²) in [6.45, 7) is 3.43. The molecule has 0 radical (unpaired) electrons. The van der Waals surface area contributed by atoms with Gasteiger partial charge in [0.05, 0.1) is 6.33 Å². The maximum Gasteiger partial charge on any atom is 0.0945 e. The first kappa shape index (κ1) is 12.9. The normalized spacial score (nSPS) is 16.4. The van der Waals surface area contributed by atoms with E-state index in [4.69, 9.17) is 11.6 Å². The van der Waals surface area contributed by atoms with Crippen molar-refractivity contribution in [3.05, 3.63) is 18.7 Å². The average Bonchev–Trinajstić information content (AvgIpc) is 2.76. The Morgan fingerprint density at radius 1 is 1.29 bits per heavy atom. The lowest BCUT2D eigenvalue weighted by molar-refractivity contribution is 0.124. The van der Waals surface area contributed by atoms with Gasteiger partial charge in [-0.1, -0.05) is 6.42 Å². The van der Waals surface area contributed by atoms with Crippen molar-refractivity contribution >= 4 is 11.6 Å². The highest BCUT2D eigenvalue weighted by molar-refractivity contribution is 6.17. The monoisotopic (exact) mass is 255 g/mol. The second-order valence-corrected chi connectivity index (χ2v) is 5.20. The number of aryl methyl sites for hydroxylation is 1. The fraction of sp³-hybridized carbons (Fsp3) is 0.769. The van der Waals surface area contributed by atoms with Crippen molar-refractivity contribution in [3.63, 3.8) is 0 Å². The number of alkyl halides is 1. The molecule has 17 heavy (non-hydrogen) atoms. The van der Waals surface area contributed by atoms with Crippen molar-refractivity contribution in [2.75, 3.05) is 19.0 Å². The van der Waals surface area contributed by atoms with Crippen LogP contribution in [-0.4, -0.2) is 39.5 Å². The third kappa shape index (κ3) is 4.00. The highest BCUT2D eigenvalue weighted by atomic mass is 35.5. The first-order chi connectivity index (χ1) is 8.40. The Morgan fingerprint density at radius 3 is 2.71 bits per heavy atom. The SMILES string of the molecule is ClCCCN(CCCn1ccnc1)C1CCC1. The van der Waals surface area contributed by atoms with E-state index in [9.17, 15) is 0 Å². The van der Waals surface area contributed by atoms with Gasteiger partial charge in [-0.3, -0.25) is 0 Å². The predicted molar refractivity (Wildman–Crippen MR) is 71.4 cm³/mol. The Labute approximate surface area is 109 Å². The summed E-state index contributed by atoms with van der Waals surface area (Å²) < 4.78 is 2.15. The molecule has 0 bridgehead atoms. The van der Waals surface area contributed by atoms with E-state index in [-0.39, 0.29) is 0 Å². The van der Waals surface area contributed by atoms with Gasteiger partial charge in [0, 0.05) is 37.4 Å². The molecule has 1 aromatic rings. The maximum absolute atomic E-state index is 5.79. The summed E-state index contributed by atoms with van der Waals surface area (Å²) in [5.41, 5.74) is 0. The van der Waals surface area contributed by atoms with E-state index in [1.165, 1.54) is 32.2 Å². The van der Waals surface area contributed by atoms with Crippen LogP contribution in [-0.2, 0) is 6.54 Å². The van der Waals surface area contributed by atoms with E-state index < -0.39 is 0 Å². The molecule has 3 nitrogen and oxygen atoms in total. The van der Waals surface area contributed by atoms with Gasteiger partial charge < -0.3 is 9.47 Å². The van der Waals surface area contributed by atoms with Gasteiger partial charge in [-0.15, -0.1) is 11.6 Å². The molecule has 0 aliphatic heterocycles. The largest absolute Gasteiger partial charge is 0.337 e. The summed E-state index contributed by atoms with van der Waals surface area (Å²) in [7, 11) is 0. The van der Waals surface area contributed by atoms with E-state index in [1.807, 2.05) is 18.7 Å². The van der Waals surface area contributed by atoms with Crippen LogP contribution >= 0.6 is 11.6 Å². The summed E-state index contributed by atoms with van der Waals surface area (Å²) in [4.78, 5) is 6.69. The van der Waals surface area contributed by atoms with Gasteiger partial charge in [-0.05, 0) is 32.2 Å². The molecule has 1 heterocycles. The topological polar surface area (TPSA) is 21.1 Å². The number of imidazole rings is 1. The van der Waals surface area contributed by atoms with Crippen LogP contribution in [0.25, 0.3) is 0 Å². The van der Waals surface area contributed by atoms with E-state index >= 15 is 0 Å². The van der Waals surface area contributed by atoms with Gasteiger partial charge in [0.2, 0.25) is 0 Å². The molecule has 0 amide bonds. The van der Waals surface area contributed by atoms with Crippen LogP contribution in [0.15, 0.2) is 18.7 Å². The van der Waals surface area contributed by atoms with Gasteiger partial charge in [0.1, 0.15) is 0 Å². The third-order valence-corrected chi connectivity index (χ3v) is 3.86. The molecule has 0 unspecified atom stereocenters. The molecule has 0 spiro atoms. The molecule has 0 atom stereocenters. The lowest BCUT2D eigenvalue weighted by Gasteiger charge is -2.37. The summed E-state index contributed by atoms with van der Waals surface area (Å²) >= 11 is 5.79. The minimum Gasteiger partial charge on any atom is -0.337 e. The van der Waals surface area contributed by atoms with Gasteiger partial charge in [0.15, 0.2) is 0 Å². The zero-order valence-electron chi connectivity index (χ0n) is 10.4. The smallest absolute Gasteiger partial charge is 0.0945 e. The molecule has 0 saturated heterocycles. The molecule has 96 valence electrons. The quantitative estimate of drug-likeness (QED) is 0.666. The maximum atomic E-state index is 5.79. The Bertz CT molecular complexity index is 296. The average molecular weight is 256 g/mol. The molecular weight excluding hydrogens is 234 g/mol. The van der Waals surface area contributed by atoms with Crippen LogP contribution in [0.1, 0.15) is 32.1 Å². The standard InChI is InChI=1S/C13H22ClN3/c14-6-2-9-17(13-4-1-5-13)10-3-8-16-11-7-15-12-16/h7,11-13H,1-6,8-10H2. The van der Waals surface area contributed by atoms with Crippen LogP contribution in [0, 0.1) is 0 Å². The minimum absolute atomic E-state index is 0.782. The highest BCUT2D eigenvalue weighted by Crippen LogP contribution is 2.25. The summed E-state index contributed by atoms with van der Waals surface area (Å²) in [6.07, 6.45) is 12.3. The lowest BCUT2D eigenvalue weighted by atomic mass is 9.91. The van der Waals surface area contributed by atoms with Crippen molar-refractivity contribution in [2.45, 2.75) is 44.7 Å². The predicted octanol–water partition coefficient (Wildman–Crippen LogP) is 2.76. The molecular formula is C13H22ClN3. The molecule has 1 saturated carbocycles. The second-order valence-electron chi connectivity index (χ2n) is 4.82. The number of rotatable bonds is 8. The van der Waals surface area contributed by atoms with E-state index in [0.29, 0.717) is 0 Å². The molecule has 1 aliphatic carbocycles. The zero-order valence-corrected chi connectivity index (χ0v) is 11.1. The number of hydrogen-bond acceptors (Lipinski definition) is 2. The van der Waals surface area contributed by atoms with Crippen molar-refractivity contribution in [1.82, 2.24) is 14.5 Å². The fourth-order valence-corrected chi connectivity index (χ4v) is 2.49. The number of nitrogens with zero attached hydrogens (tertiary/aromatic N) is 3. The Balaban J connectivity index is 1.68. The van der Waals surface area contributed by atoms with Crippen LogP contribution in [0.5, 0.6) is 0 Å². The summed E-state index contributed by atoms with van der Waals surface area (Å²) in [6, 6.07) is 0.834. The first-order valence-corrected chi connectivity index (χ1v) is 7.19. The van der Waals surface area contributed by atoms with E-state index in [2.05, 4.69) is 14.5 Å². The lowest BCUT2D eigenvalue weighted by Crippen LogP contribution is -2.41. The number of halogens is 1. The molecule has 1 aromatic heterocycles. The van der Waals surface area contributed by atoms with Crippen LogP contribution in [0.3, 0.4) is 0 Å². The van der Waals surface area contributed by atoms with Crippen molar-refractivity contribution < 1.29 is 0 Å². The van der Waals surface area contributed by atoms with Crippen LogP contribution < -0.4 is 0 Å². The summed E-state index contributed by atoms with van der Waals surface area (Å²) in [5, 5.41) is 0. The zero-order chi connectivity index (χ0) is 11.9. The highest BCUT2D eigenvalue weighted by Gasteiger charge is 2.23. The van der Waals surface area contributed by atoms with Crippen LogP contribution in [0.4, 0.5) is 0 Å². The van der Waals surface area contributed by atoms with Crippen molar-refractivity contribution in [3.8, 4) is 0 Å². The second kappa shape index (κ2) is 7.02. The first-order valence-electron chi connectivity index (χ1n) is 6.66. The van der Waals surface area contributed by atoms with Crippen molar-refractivity contribution in [1.29, 1.82) is 0 Å². The van der Waals surface area contributed by atoms with Crippen LogP contribution in [0.2, 0.25) is 0 Å². The Hall–Kier alpha value is -0.540. The van der Waals surface area contributed by atoms with Gasteiger partial charge in [-0.25, -0.2) is 4.98 Å². The van der Waals surface area contributed by atoms with Gasteiger partial charge >= 0.3 is 0 Å². The molecule has 4 heteroatoms.